The van der Waals surface area contributed by atoms with Crippen molar-refractivity contribution in [1.29, 1.82) is 0 Å². The number of nitrogens with zero attached hydrogens (tertiary/aromatic N) is 1. The Bertz CT molecular complexity index is 502. The van der Waals surface area contributed by atoms with E-state index >= 15 is 0 Å². The number of carbonyl (C=O) groups is 2. The van der Waals surface area contributed by atoms with Gasteiger partial charge in [-0.05, 0) is 18.8 Å². The van der Waals surface area contributed by atoms with Gasteiger partial charge >= 0.3 is 5.97 Å². The predicted octanol–water partition coefficient (Wildman–Crippen LogP) is 2.51. The number of rotatable bonds is 5. The molecule has 1 aliphatic carbocycles. The van der Waals surface area contributed by atoms with Crippen molar-refractivity contribution in [3.8, 4) is 0 Å². The molecule has 1 aromatic heterocycles. The van der Waals surface area contributed by atoms with Gasteiger partial charge in [0.05, 0.1) is 5.41 Å². The van der Waals surface area contributed by atoms with E-state index in [4.69, 9.17) is 0 Å². The summed E-state index contributed by atoms with van der Waals surface area (Å²) in [5.41, 5.74) is 0.0514. The van der Waals surface area contributed by atoms with Gasteiger partial charge in [-0.15, -0.1) is 0 Å². The predicted molar refractivity (Wildman–Crippen MR) is 74.5 cm³/mol. The molecule has 0 spiro atoms. The molecule has 0 saturated heterocycles. The van der Waals surface area contributed by atoms with Crippen LogP contribution >= 0.6 is 0 Å². The number of aliphatic carboxylic acids is 1. The molecular formula is C14H21N3O3. The maximum absolute atomic E-state index is 12.0. The summed E-state index contributed by atoms with van der Waals surface area (Å²) in [5, 5.41) is 18.9. The normalized spacial score (nSPS) is 17.4. The fourth-order valence-corrected chi connectivity index (χ4v) is 2.71. The standard InChI is InChI=1S/C14H21N3O3/c1-9(2)10-7-11(17-16-10)15-12(18)8-14(13(19)20)5-3-4-6-14/h7,9H,3-6,8H2,1-2H3,(H,19,20)(H2,15,16,17,18). The largest absolute Gasteiger partial charge is 0.481 e. The summed E-state index contributed by atoms with van der Waals surface area (Å²) in [5.74, 6) is -0.392. The lowest BCUT2D eigenvalue weighted by Gasteiger charge is -2.22. The van der Waals surface area contributed by atoms with Gasteiger partial charge in [-0.2, -0.15) is 5.10 Å². The monoisotopic (exact) mass is 279 g/mol. The first-order valence-electron chi connectivity index (χ1n) is 7.01. The van der Waals surface area contributed by atoms with E-state index in [9.17, 15) is 14.7 Å². The quantitative estimate of drug-likeness (QED) is 0.771. The first kappa shape index (κ1) is 14.6. The van der Waals surface area contributed by atoms with E-state index in [1.165, 1.54) is 0 Å². The highest BCUT2D eigenvalue weighted by Gasteiger charge is 2.43. The zero-order chi connectivity index (χ0) is 14.8. The van der Waals surface area contributed by atoms with Crippen LogP contribution in [0.15, 0.2) is 6.07 Å². The number of hydrogen-bond donors (Lipinski definition) is 3. The summed E-state index contributed by atoms with van der Waals surface area (Å²) in [4.78, 5) is 23.4. The first-order chi connectivity index (χ1) is 9.43. The molecule has 0 aromatic carbocycles. The van der Waals surface area contributed by atoms with Gasteiger partial charge in [0, 0.05) is 18.2 Å². The van der Waals surface area contributed by atoms with Crippen LogP contribution in [0.1, 0.15) is 57.6 Å². The van der Waals surface area contributed by atoms with Crippen LogP contribution in [0.4, 0.5) is 5.82 Å². The van der Waals surface area contributed by atoms with Gasteiger partial charge in [0.15, 0.2) is 5.82 Å². The second-order valence-electron chi connectivity index (χ2n) is 5.88. The molecule has 1 aromatic rings. The van der Waals surface area contributed by atoms with Crippen LogP contribution in [0.5, 0.6) is 0 Å². The number of carbonyl (C=O) groups excluding carboxylic acids is 1. The van der Waals surface area contributed by atoms with Crippen LogP contribution in [0.2, 0.25) is 0 Å². The molecule has 2 rings (SSSR count). The fourth-order valence-electron chi connectivity index (χ4n) is 2.71. The number of H-pyrrole nitrogens is 1. The lowest BCUT2D eigenvalue weighted by atomic mass is 9.82. The van der Waals surface area contributed by atoms with Gasteiger partial charge < -0.3 is 10.4 Å². The lowest BCUT2D eigenvalue weighted by molar-refractivity contribution is -0.150. The zero-order valence-corrected chi connectivity index (χ0v) is 11.9. The smallest absolute Gasteiger partial charge is 0.310 e. The topological polar surface area (TPSA) is 95.1 Å². The SMILES string of the molecule is CC(C)c1cc(NC(=O)CC2(C(=O)O)CCCC2)n[nH]1. The number of hydrogen-bond acceptors (Lipinski definition) is 3. The van der Waals surface area contributed by atoms with E-state index in [2.05, 4.69) is 15.5 Å². The van der Waals surface area contributed by atoms with Crippen molar-refractivity contribution in [2.75, 3.05) is 5.32 Å². The van der Waals surface area contributed by atoms with E-state index in [-0.39, 0.29) is 12.3 Å². The summed E-state index contributed by atoms with van der Waals surface area (Å²) < 4.78 is 0. The molecule has 0 bridgehead atoms. The minimum Gasteiger partial charge on any atom is -0.481 e. The minimum atomic E-state index is -0.888. The van der Waals surface area contributed by atoms with Crippen molar-refractivity contribution in [1.82, 2.24) is 10.2 Å². The van der Waals surface area contributed by atoms with Crippen molar-refractivity contribution in [3.05, 3.63) is 11.8 Å². The summed E-state index contributed by atoms with van der Waals surface area (Å²) in [6.07, 6.45) is 2.92. The second kappa shape index (κ2) is 5.64. The molecule has 110 valence electrons. The Labute approximate surface area is 118 Å². The van der Waals surface area contributed by atoms with Crippen LogP contribution in [0.3, 0.4) is 0 Å². The minimum absolute atomic E-state index is 0.0200. The molecule has 6 heteroatoms. The van der Waals surface area contributed by atoms with E-state index in [0.29, 0.717) is 24.6 Å². The van der Waals surface area contributed by atoms with E-state index < -0.39 is 11.4 Å². The number of carboxylic acids is 1. The van der Waals surface area contributed by atoms with Crippen LogP contribution in [-0.4, -0.2) is 27.2 Å². The van der Waals surface area contributed by atoms with Crippen molar-refractivity contribution in [2.45, 2.75) is 51.9 Å². The summed E-state index contributed by atoms with van der Waals surface area (Å²) in [6.45, 7) is 4.05. The molecule has 3 N–H and O–H groups in total. The van der Waals surface area contributed by atoms with Gasteiger partial charge in [0.1, 0.15) is 0 Å². The molecule has 0 aliphatic heterocycles. The van der Waals surface area contributed by atoms with E-state index in [0.717, 1.165) is 18.5 Å². The Kier molecular flexibility index (Phi) is 4.11. The number of amides is 1. The Morgan fingerprint density at radius 3 is 2.60 bits per heavy atom. The highest BCUT2D eigenvalue weighted by molar-refractivity contribution is 5.93. The number of carboxylic acid groups (broad SMARTS) is 1. The van der Waals surface area contributed by atoms with Gasteiger partial charge in [0.25, 0.3) is 0 Å². The fraction of sp³-hybridized carbons (Fsp3) is 0.643. The molecule has 20 heavy (non-hydrogen) atoms. The van der Waals surface area contributed by atoms with Crippen molar-refractivity contribution in [2.24, 2.45) is 5.41 Å². The molecule has 1 heterocycles. The highest BCUT2D eigenvalue weighted by atomic mass is 16.4. The number of aromatic amines is 1. The van der Waals surface area contributed by atoms with E-state index in [1.54, 1.807) is 6.07 Å². The Morgan fingerprint density at radius 2 is 2.10 bits per heavy atom. The maximum atomic E-state index is 12.0. The molecule has 1 amide bonds. The molecule has 0 atom stereocenters. The third kappa shape index (κ3) is 3.00. The van der Waals surface area contributed by atoms with Crippen LogP contribution in [0, 0.1) is 5.41 Å². The molecule has 6 nitrogen and oxygen atoms in total. The summed E-state index contributed by atoms with van der Waals surface area (Å²) >= 11 is 0. The van der Waals surface area contributed by atoms with Gasteiger partial charge in [-0.25, -0.2) is 0 Å². The van der Waals surface area contributed by atoms with Crippen LogP contribution in [0.25, 0.3) is 0 Å². The van der Waals surface area contributed by atoms with Crippen LogP contribution in [-0.2, 0) is 9.59 Å². The third-order valence-electron chi connectivity index (χ3n) is 4.00. The van der Waals surface area contributed by atoms with Crippen molar-refractivity contribution >= 4 is 17.7 Å². The highest BCUT2D eigenvalue weighted by Crippen LogP contribution is 2.41. The maximum Gasteiger partial charge on any atom is 0.310 e. The third-order valence-corrected chi connectivity index (χ3v) is 4.00. The molecule has 0 radical (unpaired) electrons. The number of nitrogens with one attached hydrogen (secondary N) is 2. The molecule has 1 saturated carbocycles. The molecule has 0 unspecified atom stereocenters. The average molecular weight is 279 g/mol. The first-order valence-corrected chi connectivity index (χ1v) is 7.01. The summed E-state index contributed by atoms with van der Waals surface area (Å²) in [6, 6.07) is 1.78. The Balaban J connectivity index is 1.99. The number of anilines is 1. The van der Waals surface area contributed by atoms with Gasteiger partial charge in [0.2, 0.25) is 5.91 Å². The van der Waals surface area contributed by atoms with Gasteiger partial charge in [-0.1, -0.05) is 26.7 Å². The second-order valence-corrected chi connectivity index (χ2v) is 5.88. The Morgan fingerprint density at radius 1 is 1.45 bits per heavy atom. The zero-order valence-electron chi connectivity index (χ0n) is 11.9. The van der Waals surface area contributed by atoms with E-state index in [1.807, 2.05) is 13.8 Å². The number of aromatic nitrogens is 2. The van der Waals surface area contributed by atoms with Gasteiger partial charge in [-0.3, -0.25) is 14.7 Å². The lowest BCUT2D eigenvalue weighted by Crippen LogP contribution is -2.32. The molecule has 1 fully saturated rings. The summed E-state index contributed by atoms with van der Waals surface area (Å²) in [7, 11) is 0. The van der Waals surface area contributed by atoms with Crippen LogP contribution < -0.4 is 5.32 Å². The Hall–Kier alpha value is -1.85. The molecular weight excluding hydrogens is 258 g/mol. The van der Waals surface area contributed by atoms with Crippen molar-refractivity contribution in [3.63, 3.8) is 0 Å². The molecule has 1 aliphatic rings. The average Bonchev–Trinajstić information content (AvgIpc) is 2.98. The van der Waals surface area contributed by atoms with Crippen molar-refractivity contribution < 1.29 is 14.7 Å².